The van der Waals surface area contributed by atoms with Gasteiger partial charge in [-0.05, 0) is 20.8 Å². The number of carbonyl (C=O) groups is 2. The Bertz CT molecular complexity index is 241. The van der Waals surface area contributed by atoms with Crippen molar-refractivity contribution in [1.29, 1.82) is 0 Å². The van der Waals surface area contributed by atoms with E-state index in [0.717, 1.165) is 0 Å². The second-order valence-electron chi connectivity index (χ2n) is 3.24. The van der Waals surface area contributed by atoms with Crippen LogP contribution in [-0.4, -0.2) is 36.7 Å². The number of rotatable bonds is 4. The smallest absolute Gasteiger partial charge is 0.328 e. The fourth-order valence-electron chi connectivity index (χ4n) is 1.08. The van der Waals surface area contributed by atoms with Crippen LogP contribution in [0.5, 0.6) is 0 Å². The van der Waals surface area contributed by atoms with Crippen molar-refractivity contribution in [2.45, 2.75) is 39.0 Å². The highest BCUT2D eigenvalue weighted by atomic mass is 16.6. The molecule has 0 bridgehead atoms. The monoisotopic (exact) mass is 201 g/mol. The molecule has 0 spiro atoms. The summed E-state index contributed by atoms with van der Waals surface area (Å²) in [5.41, 5.74) is 0. The molecule has 5 heteroatoms. The molecule has 3 atom stereocenters. The first-order chi connectivity index (χ1) is 6.56. The Balaban J connectivity index is 2.29. The lowest BCUT2D eigenvalue weighted by Gasteiger charge is -2.11. The highest BCUT2D eigenvalue weighted by Gasteiger charge is 2.41. The molecule has 5 nitrogen and oxygen atoms in total. The average molecular weight is 201 g/mol. The maximum absolute atomic E-state index is 11.3. The van der Waals surface area contributed by atoms with E-state index in [0.29, 0.717) is 6.61 Å². The summed E-state index contributed by atoms with van der Waals surface area (Å²) in [5, 5.41) is 2.52. The van der Waals surface area contributed by atoms with Gasteiger partial charge in [0.25, 0.3) is 5.91 Å². The van der Waals surface area contributed by atoms with Gasteiger partial charge in [-0.1, -0.05) is 0 Å². The molecule has 1 aliphatic heterocycles. The molecule has 0 aromatic rings. The van der Waals surface area contributed by atoms with Gasteiger partial charge >= 0.3 is 5.97 Å². The molecular weight excluding hydrogens is 186 g/mol. The summed E-state index contributed by atoms with van der Waals surface area (Å²) in [6.07, 6.45) is -0.434. The van der Waals surface area contributed by atoms with Crippen LogP contribution in [-0.2, 0) is 19.1 Å². The van der Waals surface area contributed by atoms with Gasteiger partial charge in [0.05, 0.1) is 12.7 Å². The summed E-state index contributed by atoms with van der Waals surface area (Å²) in [5.74, 6) is -0.674. The first-order valence-corrected chi connectivity index (χ1v) is 4.68. The van der Waals surface area contributed by atoms with Gasteiger partial charge in [-0.15, -0.1) is 0 Å². The van der Waals surface area contributed by atoms with Crippen LogP contribution in [0.1, 0.15) is 20.8 Å². The molecule has 1 unspecified atom stereocenters. The molecule has 1 aliphatic rings. The van der Waals surface area contributed by atoms with Crippen molar-refractivity contribution in [3.63, 3.8) is 0 Å². The quantitative estimate of drug-likeness (QED) is 0.507. The molecule has 1 rings (SSSR count). The Morgan fingerprint density at radius 3 is 2.57 bits per heavy atom. The van der Waals surface area contributed by atoms with Gasteiger partial charge in [-0.3, -0.25) is 4.79 Å². The number of nitrogens with one attached hydrogen (secondary N) is 1. The third-order valence-corrected chi connectivity index (χ3v) is 1.97. The van der Waals surface area contributed by atoms with E-state index in [1.807, 2.05) is 0 Å². The standard InChI is InChI=1S/C9H15NO4/c1-4-13-9(12)5(2)10-8(11)7-6(3)14-7/h5-7H,4H2,1-3H3,(H,10,11)/t5?,6-,7+/m0/s1. The summed E-state index contributed by atoms with van der Waals surface area (Å²) in [6, 6.07) is -0.612. The third kappa shape index (κ3) is 2.70. The zero-order valence-corrected chi connectivity index (χ0v) is 8.57. The van der Waals surface area contributed by atoms with E-state index in [2.05, 4.69) is 5.32 Å². The highest BCUT2D eigenvalue weighted by Crippen LogP contribution is 2.20. The molecule has 80 valence electrons. The number of carbonyl (C=O) groups excluding carboxylic acids is 2. The van der Waals surface area contributed by atoms with Crippen molar-refractivity contribution in [2.75, 3.05) is 6.61 Å². The van der Waals surface area contributed by atoms with Crippen molar-refractivity contribution in [3.8, 4) is 0 Å². The van der Waals surface area contributed by atoms with E-state index in [1.54, 1.807) is 20.8 Å². The van der Waals surface area contributed by atoms with Crippen LogP contribution in [0.4, 0.5) is 0 Å². The van der Waals surface area contributed by atoms with Gasteiger partial charge in [0.15, 0.2) is 6.10 Å². The zero-order chi connectivity index (χ0) is 10.7. The van der Waals surface area contributed by atoms with Crippen molar-refractivity contribution >= 4 is 11.9 Å². The molecule has 0 radical (unpaired) electrons. The van der Waals surface area contributed by atoms with E-state index in [9.17, 15) is 9.59 Å². The number of hydrogen-bond donors (Lipinski definition) is 1. The Morgan fingerprint density at radius 1 is 1.57 bits per heavy atom. The highest BCUT2D eigenvalue weighted by molar-refractivity contribution is 5.88. The lowest BCUT2D eigenvalue weighted by Crippen LogP contribution is -2.42. The maximum Gasteiger partial charge on any atom is 0.328 e. The van der Waals surface area contributed by atoms with E-state index < -0.39 is 18.1 Å². The molecule has 1 saturated heterocycles. The number of ether oxygens (including phenoxy) is 2. The molecule has 0 aromatic heterocycles. The molecule has 0 saturated carbocycles. The van der Waals surface area contributed by atoms with Gasteiger partial charge in [0.2, 0.25) is 0 Å². The Morgan fingerprint density at radius 2 is 2.14 bits per heavy atom. The minimum Gasteiger partial charge on any atom is -0.464 e. The number of amides is 1. The summed E-state index contributed by atoms with van der Waals surface area (Å²) in [6.45, 7) is 5.43. The minimum atomic E-state index is -0.612. The summed E-state index contributed by atoms with van der Waals surface area (Å²) >= 11 is 0. The number of esters is 1. The molecule has 0 aliphatic carbocycles. The SMILES string of the molecule is CCOC(=O)C(C)NC(=O)[C@@H]1O[C@H]1C. The van der Waals surface area contributed by atoms with Crippen molar-refractivity contribution in [2.24, 2.45) is 0 Å². The lowest BCUT2D eigenvalue weighted by molar-refractivity contribution is -0.146. The summed E-state index contributed by atoms with van der Waals surface area (Å²) in [7, 11) is 0. The first-order valence-electron chi connectivity index (χ1n) is 4.68. The van der Waals surface area contributed by atoms with Gasteiger partial charge < -0.3 is 14.8 Å². The molecule has 14 heavy (non-hydrogen) atoms. The third-order valence-electron chi connectivity index (χ3n) is 1.97. The molecular formula is C9H15NO4. The summed E-state index contributed by atoms with van der Waals surface area (Å²) < 4.78 is 9.69. The average Bonchev–Trinajstić information content (AvgIpc) is 2.83. The van der Waals surface area contributed by atoms with Crippen molar-refractivity contribution in [3.05, 3.63) is 0 Å². The Kier molecular flexibility index (Phi) is 3.46. The predicted octanol–water partition coefficient (Wildman–Crippen LogP) is -0.159. The second-order valence-corrected chi connectivity index (χ2v) is 3.24. The van der Waals surface area contributed by atoms with Crippen LogP contribution in [0.3, 0.4) is 0 Å². The van der Waals surface area contributed by atoms with E-state index in [1.165, 1.54) is 0 Å². The fraction of sp³-hybridized carbons (Fsp3) is 0.778. The number of epoxide rings is 1. The molecule has 1 amide bonds. The van der Waals surface area contributed by atoms with Gasteiger partial charge in [-0.25, -0.2) is 4.79 Å². The Hall–Kier alpha value is -1.10. The van der Waals surface area contributed by atoms with Crippen LogP contribution >= 0.6 is 0 Å². The van der Waals surface area contributed by atoms with Gasteiger partial charge in [0.1, 0.15) is 6.04 Å². The molecule has 0 aromatic carbocycles. The minimum absolute atomic E-state index is 0.0376. The summed E-state index contributed by atoms with van der Waals surface area (Å²) in [4.78, 5) is 22.4. The van der Waals surface area contributed by atoms with Crippen LogP contribution in [0.2, 0.25) is 0 Å². The van der Waals surface area contributed by atoms with Crippen LogP contribution < -0.4 is 5.32 Å². The van der Waals surface area contributed by atoms with Gasteiger partial charge in [-0.2, -0.15) is 0 Å². The maximum atomic E-state index is 11.3. The van der Waals surface area contributed by atoms with Gasteiger partial charge in [0, 0.05) is 0 Å². The van der Waals surface area contributed by atoms with Crippen molar-refractivity contribution in [1.82, 2.24) is 5.32 Å². The molecule has 1 heterocycles. The van der Waals surface area contributed by atoms with Crippen LogP contribution in [0, 0.1) is 0 Å². The Labute approximate surface area is 82.8 Å². The van der Waals surface area contributed by atoms with Crippen molar-refractivity contribution < 1.29 is 19.1 Å². The second kappa shape index (κ2) is 4.41. The predicted molar refractivity (Wildman–Crippen MR) is 48.6 cm³/mol. The van der Waals surface area contributed by atoms with Crippen LogP contribution in [0.25, 0.3) is 0 Å². The largest absolute Gasteiger partial charge is 0.464 e. The van der Waals surface area contributed by atoms with E-state index in [-0.39, 0.29) is 12.0 Å². The van der Waals surface area contributed by atoms with E-state index >= 15 is 0 Å². The van der Waals surface area contributed by atoms with Crippen LogP contribution in [0.15, 0.2) is 0 Å². The first kappa shape index (κ1) is 11.0. The normalized spacial score (nSPS) is 26.5. The molecule has 1 N–H and O–H groups in total. The zero-order valence-electron chi connectivity index (χ0n) is 8.57. The lowest BCUT2D eigenvalue weighted by atomic mass is 10.3. The number of hydrogen-bond acceptors (Lipinski definition) is 4. The topological polar surface area (TPSA) is 67.9 Å². The van der Waals surface area contributed by atoms with E-state index in [4.69, 9.17) is 9.47 Å². The fourth-order valence-corrected chi connectivity index (χ4v) is 1.08. The molecule has 1 fully saturated rings.